The number of carboxylic acid groups (broad SMARTS) is 1. The molecule has 0 aromatic carbocycles. The van der Waals surface area contributed by atoms with Crippen molar-refractivity contribution in [1.82, 2.24) is 4.90 Å². The van der Waals surface area contributed by atoms with Gasteiger partial charge >= 0.3 is 11.9 Å². The zero-order valence-corrected chi connectivity index (χ0v) is 20.6. The summed E-state index contributed by atoms with van der Waals surface area (Å²) in [5.74, 6) is -0.985. The summed E-state index contributed by atoms with van der Waals surface area (Å²) in [6, 6.07) is 0. The first-order valence-corrected chi connectivity index (χ1v) is 11.8. The van der Waals surface area contributed by atoms with E-state index in [9.17, 15) is 14.4 Å². The van der Waals surface area contributed by atoms with Gasteiger partial charge in [-0.15, -0.1) is 0 Å². The Morgan fingerprint density at radius 1 is 0.969 bits per heavy atom. The predicted octanol–water partition coefficient (Wildman–Crippen LogP) is 6.43. The molecule has 0 aromatic heterocycles. The molecule has 0 unspecified atom stereocenters. The van der Waals surface area contributed by atoms with Gasteiger partial charge in [-0.3, -0.25) is 4.79 Å². The zero-order chi connectivity index (χ0) is 24.8. The quantitative estimate of drug-likeness (QED) is 0.187. The molecule has 1 aliphatic rings. The Labute approximate surface area is 195 Å². The van der Waals surface area contributed by atoms with E-state index in [1.807, 2.05) is 0 Å². The number of amides is 1. The van der Waals surface area contributed by atoms with Crippen LogP contribution in [0.25, 0.3) is 0 Å². The minimum absolute atomic E-state index is 0.176. The van der Waals surface area contributed by atoms with Crippen molar-refractivity contribution in [2.45, 2.75) is 97.8 Å². The number of likely N-dealkylation sites (tertiary alicyclic amines) is 1. The first-order chi connectivity index (χ1) is 15.2. The van der Waals surface area contributed by atoms with Gasteiger partial charge in [-0.2, -0.15) is 0 Å². The van der Waals surface area contributed by atoms with Crippen LogP contribution in [0.5, 0.6) is 0 Å². The fraction of sp³-hybridized carbons (Fsp3) is 0.654. The molecule has 0 radical (unpaired) electrons. The summed E-state index contributed by atoms with van der Waals surface area (Å²) in [6.07, 6.45) is 16.2. The molecule has 0 aromatic rings. The molecule has 0 spiro atoms. The number of carbonyl (C=O) groups excluding carboxylic acids is 2. The van der Waals surface area contributed by atoms with Crippen LogP contribution in [0.2, 0.25) is 0 Å². The summed E-state index contributed by atoms with van der Waals surface area (Å²) in [6.45, 7) is 17.0. The van der Waals surface area contributed by atoms with E-state index in [2.05, 4.69) is 26.7 Å². The smallest absolute Gasteiger partial charge is 0.333 e. The number of carbonyl (C=O) groups is 3. The fourth-order valence-corrected chi connectivity index (χ4v) is 2.74. The van der Waals surface area contributed by atoms with Crippen LogP contribution in [0.1, 0.15) is 97.8 Å². The maximum atomic E-state index is 11.1. The molecule has 0 atom stereocenters. The standard InChI is InChI=1S/C16H30O2.C6H9NO.C4H6O2/c1-4-5-6-7-8-9-10-11-12-13-14-18-16(17)15(2)3;1-2-7-5-3-4-6(7)8;1-3(2)4(5)6/h2,4-14H2,1,3H3;2H,1,3-5H2;1H2,2H3,(H,5,6). The summed E-state index contributed by atoms with van der Waals surface area (Å²) >= 11 is 0. The van der Waals surface area contributed by atoms with E-state index >= 15 is 0 Å². The van der Waals surface area contributed by atoms with Crippen LogP contribution in [0.15, 0.2) is 37.1 Å². The minimum Gasteiger partial charge on any atom is -0.478 e. The molecule has 1 rings (SSSR count). The number of rotatable bonds is 14. The summed E-state index contributed by atoms with van der Waals surface area (Å²) in [7, 11) is 0. The van der Waals surface area contributed by atoms with Crippen LogP contribution in [0.3, 0.4) is 0 Å². The number of esters is 1. The lowest BCUT2D eigenvalue weighted by atomic mass is 10.1. The second kappa shape index (κ2) is 21.8. The SMILES string of the molecule is C=C(C)C(=O)O.C=C(C)C(=O)OCCCCCCCCCCCC.C=CN1CCCC1=O. The van der Waals surface area contributed by atoms with Crippen molar-refractivity contribution in [2.24, 2.45) is 0 Å². The average Bonchev–Trinajstić information content (AvgIpc) is 3.17. The van der Waals surface area contributed by atoms with Crippen LogP contribution in [-0.2, 0) is 19.1 Å². The molecular formula is C26H45NO5. The van der Waals surface area contributed by atoms with Gasteiger partial charge in [-0.1, -0.05) is 84.4 Å². The van der Waals surface area contributed by atoms with E-state index in [4.69, 9.17) is 9.84 Å². The van der Waals surface area contributed by atoms with E-state index in [1.165, 1.54) is 64.7 Å². The molecule has 6 heteroatoms. The van der Waals surface area contributed by atoms with Crippen LogP contribution in [-0.4, -0.2) is 41.0 Å². The molecule has 0 bridgehead atoms. The largest absolute Gasteiger partial charge is 0.478 e. The predicted molar refractivity (Wildman–Crippen MR) is 131 cm³/mol. The van der Waals surface area contributed by atoms with Gasteiger partial charge in [0.25, 0.3) is 0 Å². The molecule has 1 heterocycles. The minimum atomic E-state index is -0.935. The van der Waals surface area contributed by atoms with Crippen molar-refractivity contribution < 1.29 is 24.2 Å². The van der Waals surface area contributed by atoms with Gasteiger partial charge in [-0.25, -0.2) is 9.59 Å². The van der Waals surface area contributed by atoms with Gasteiger partial charge in [0.1, 0.15) is 0 Å². The molecular weight excluding hydrogens is 406 g/mol. The van der Waals surface area contributed by atoms with E-state index < -0.39 is 5.97 Å². The Kier molecular flexibility index (Phi) is 21.7. The van der Waals surface area contributed by atoms with Crippen molar-refractivity contribution >= 4 is 17.8 Å². The van der Waals surface area contributed by atoms with E-state index in [0.717, 1.165) is 19.4 Å². The Morgan fingerprint density at radius 3 is 1.75 bits per heavy atom. The number of hydrogen-bond donors (Lipinski definition) is 1. The first-order valence-electron chi connectivity index (χ1n) is 11.8. The van der Waals surface area contributed by atoms with Crippen LogP contribution < -0.4 is 0 Å². The highest BCUT2D eigenvalue weighted by molar-refractivity contribution is 5.86. The molecule has 6 nitrogen and oxygen atoms in total. The lowest BCUT2D eigenvalue weighted by Crippen LogP contribution is -2.16. The number of nitrogens with zero attached hydrogens (tertiary/aromatic N) is 1. The van der Waals surface area contributed by atoms with E-state index in [-0.39, 0.29) is 17.4 Å². The number of hydrogen-bond acceptors (Lipinski definition) is 4. The third-order valence-electron chi connectivity index (χ3n) is 4.77. The maximum Gasteiger partial charge on any atom is 0.333 e. The Balaban J connectivity index is 0. The molecule has 0 aliphatic carbocycles. The molecule has 0 saturated carbocycles. The normalized spacial score (nSPS) is 12.1. The van der Waals surface area contributed by atoms with Crippen molar-refractivity contribution in [3.05, 3.63) is 37.1 Å². The van der Waals surface area contributed by atoms with Crippen molar-refractivity contribution in [3.63, 3.8) is 0 Å². The molecule has 1 N–H and O–H groups in total. The lowest BCUT2D eigenvalue weighted by Gasteiger charge is -2.05. The maximum absolute atomic E-state index is 11.1. The highest BCUT2D eigenvalue weighted by Gasteiger charge is 2.16. The van der Waals surface area contributed by atoms with Crippen molar-refractivity contribution in [1.29, 1.82) is 0 Å². The van der Waals surface area contributed by atoms with Gasteiger partial charge in [-0.05, 0) is 32.9 Å². The Hall–Kier alpha value is -2.37. The van der Waals surface area contributed by atoms with Crippen LogP contribution >= 0.6 is 0 Å². The van der Waals surface area contributed by atoms with Crippen molar-refractivity contribution in [3.8, 4) is 0 Å². The highest BCUT2D eigenvalue weighted by Crippen LogP contribution is 2.10. The van der Waals surface area contributed by atoms with Crippen molar-refractivity contribution in [2.75, 3.05) is 13.2 Å². The van der Waals surface area contributed by atoms with Gasteiger partial charge < -0.3 is 14.7 Å². The topological polar surface area (TPSA) is 83.9 Å². The molecule has 1 aliphatic heterocycles. The van der Waals surface area contributed by atoms with Gasteiger partial charge in [0.2, 0.25) is 5.91 Å². The van der Waals surface area contributed by atoms with E-state index in [0.29, 0.717) is 18.6 Å². The summed E-state index contributed by atoms with van der Waals surface area (Å²) in [4.78, 5) is 33.0. The number of unbranched alkanes of at least 4 members (excludes halogenated alkanes) is 9. The van der Waals surface area contributed by atoms with Crippen LogP contribution in [0, 0.1) is 0 Å². The molecule has 32 heavy (non-hydrogen) atoms. The Morgan fingerprint density at radius 2 is 1.44 bits per heavy atom. The van der Waals surface area contributed by atoms with Gasteiger partial charge in [0.15, 0.2) is 0 Å². The summed E-state index contributed by atoms with van der Waals surface area (Å²) < 4.78 is 5.04. The third kappa shape index (κ3) is 20.9. The molecule has 1 saturated heterocycles. The first kappa shape index (κ1) is 31.8. The second-order valence-electron chi connectivity index (χ2n) is 8.06. The average molecular weight is 452 g/mol. The second-order valence-corrected chi connectivity index (χ2v) is 8.06. The number of aliphatic carboxylic acids is 1. The fourth-order valence-electron chi connectivity index (χ4n) is 2.74. The third-order valence-corrected chi connectivity index (χ3v) is 4.77. The molecule has 184 valence electrons. The van der Waals surface area contributed by atoms with Gasteiger partial charge in [0.05, 0.1) is 6.61 Å². The lowest BCUT2D eigenvalue weighted by molar-refractivity contribution is -0.139. The monoisotopic (exact) mass is 451 g/mol. The number of ether oxygens (including phenoxy) is 1. The van der Waals surface area contributed by atoms with Gasteiger partial charge in [0, 0.05) is 24.1 Å². The molecule has 1 fully saturated rings. The summed E-state index contributed by atoms with van der Waals surface area (Å²) in [5, 5.41) is 7.89. The van der Waals surface area contributed by atoms with Crippen LogP contribution in [0.4, 0.5) is 0 Å². The van der Waals surface area contributed by atoms with E-state index in [1.54, 1.807) is 18.0 Å². The highest BCUT2D eigenvalue weighted by atomic mass is 16.5. The Bertz CT molecular complexity index is 571. The summed E-state index contributed by atoms with van der Waals surface area (Å²) in [5.41, 5.74) is 0.664. The molecule has 1 amide bonds. The number of carboxylic acids is 1. The zero-order valence-electron chi connectivity index (χ0n) is 20.6.